The van der Waals surface area contributed by atoms with Gasteiger partial charge in [0, 0.05) is 0 Å². The first-order chi connectivity index (χ1) is 59.1. The molecule has 0 heterocycles. The molecule has 760 valence electrons. The van der Waals surface area contributed by atoms with Gasteiger partial charge < -0.3 is 318 Å². The predicted octanol–water partition coefficient (Wildman–Crippen LogP) is -39.9. The summed E-state index contributed by atoms with van der Waals surface area (Å²) in [7, 11) is 0. The average Bonchev–Trinajstić information content (AvgIpc) is 0.955. The van der Waals surface area contributed by atoms with Crippen molar-refractivity contribution in [1.82, 2.24) is 0 Å². The monoisotopic (exact) mass is 2040 g/mol. The van der Waals surface area contributed by atoms with E-state index in [1.54, 1.807) is 0 Å². The molecular weight excluding hydrogens is 1950 g/mol. The molecule has 0 amide bonds. The van der Waals surface area contributed by atoms with E-state index in [0.29, 0.717) is 0 Å². The predicted molar refractivity (Wildman–Crippen MR) is 369 cm³/mol. The molecule has 0 aliphatic rings. The van der Waals surface area contributed by atoms with Crippen molar-refractivity contribution >= 4 is 123 Å². The Hall–Kier alpha value is -7.94. The molecule has 0 aromatic rings. The Labute approximate surface area is 784 Å². The van der Waals surface area contributed by atoms with Crippen molar-refractivity contribution < 1.29 is 422 Å². The van der Waals surface area contributed by atoms with Crippen molar-refractivity contribution in [3.05, 3.63) is 0 Å². The maximum atomic E-state index is 10.1. The topological polar surface area (TPSA) is 1360 Å². The number of aliphatic hydroxyl groups excluding tert-OH is 40. The summed E-state index contributed by atoms with van der Waals surface area (Å²) in [6.45, 7) is 0. The van der Waals surface area contributed by atoms with Crippen LogP contribution in [0.5, 0.6) is 0 Å². The molecule has 70 nitrogen and oxygen atoms in total. The maximum Gasteiger partial charge on any atom is 2.00 e. The second-order valence-corrected chi connectivity index (χ2v) is 23.9. The molecule has 0 bridgehead atoms. The molecule has 0 aromatic carbocycles. The Kier molecular flexibility index (Phi) is 89.9. The largest absolute Gasteiger partial charge is 2.00 e. The van der Waals surface area contributed by atoms with Gasteiger partial charge in [-0.25, -0.2) is 33.6 Å². The van der Waals surface area contributed by atoms with Gasteiger partial charge >= 0.3 is 113 Å². The van der Waals surface area contributed by atoms with Crippen molar-refractivity contribution in [2.24, 2.45) is 0 Å². The number of carboxylic acid groups (broad SMARTS) is 10. The van der Waals surface area contributed by atoms with Crippen molar-refractivity contribution in [2.75, 3.05) is 0 Å². The number of hydrogen-bond donors (Lipinski definition) is 47. The quantitative estimate of drug-likeness (QED) is 0.0199. The van der Waals surface area contributed by atoms with E-state index in [0.717, 1.165) is 0 Å². The van der Waals surface area contributed by atoms with Crippen molar-refractivity contribution in [3.8, 4) is 0 Å². The van der Waals surface area contributed by atoms with E-state index < -0.39 is 304 Å². The molecule has 47 N–H and O–H groups in total. The minimum absolute atomic E-state index is 0. The number of carbonyl (C=O) groups excluding carboxylic acids is 13. The Morgan fingerprint density at radius 2 is 0.205 bits per heavy atom. The minimum atomic E-state index is -2.36. The van der Waals surface area contributed by atoms with Crippen LogP contribution in [0, 0.1) is 0 Å². The standard InChI is InChI=1S/10C6H10O7.K.Zn/c10*7-1-2(8)3(9)4(10)5(11)6(12)13;;/h10*1-5,8-11H,(H,12,13);;/q;;;;;;;;;;+1;+2/p-3/t10*2-,3+,4+,5-;;/m0000000000../s1. The van der Waals surface area contributed by atoms with Crippen molar-refractivity contribution in [2.45, 2.75) is 244 Å². The molecule has 0 fully saturated rings. The van der Waals surface area contributed by atoms with Gasteiger partial charge in [-0.2, -0.15) is 0 Å². The molecule has 40 atom stereocenters. The summed E-state index contributed by atoms with van der Waals surface area (Å²) in [5, 5.41) is 437. The van der Waals surface area contributed by atoms with E-state index in [4.69, 9.17) is 240 Å². The van der Waals surface area contributed by atoms with Crippen LogP contribution in [-0.2, 0) is 115 Å². The van der Waals surface area contributed by atoms with Crippen LogP contribution in [0.2, 0.25) is 0 Å². The zero-order chi connectivity index (χ0) is 106. The molecule has 0 saturated heterocycles. The number of aliphatic hydroxyl groups is 40. The van der Waals surface area contributed by atoms with Gasteiger partial charge in [-0.15, -0.1) is 0 Å². The normalized spacial score (nSPS) is 19.7. The fourth-order valence-corrected chi connectivity index (χ4v) is 6.13. The number of rotatable bonds is 50. The third-order valence-electron chi connectivity index (χ3n) is 14.1. The van der Waals surface area contributed by atoms with Gasteiger partial charge in [0.05, 0.1) is 17.9 Å². The minimum Gasteiger partial charge on any atom is -0.547 e. The number of aldehydes is 10. The molecule has 0 aliphatic heterocycles. The summed E-state index contributed by atoms with van der Waals surface area (Å²) in [5.74, 6) is -18.3. The Balaban J connectivity index is -0.000000121. The van der Waals surface area contributed by atoms with Gasteiger partial charge in [0.2, 0.25) is 0 Å². The van der Waals surface area contributed by atoms with Crippen LogP contribution in [0.4, 0.5) is 0 Å². The summed E-state index contributed by atoms with van der Waals surface area (Å²) < 4.78 is 0. The zero-order valence-electron chi connectivity index (χ0n) is 66.0. The molecule has 132 heavy (non-hydrogen) atoms. The van der Waals surface area contributed by atoms with Gasteiger partial charge in [0.15, 0.2) is 106 Å². The van der Waals surface area contributed by atoms with Gasteiger partial charge in [-0.05, 0) is 0 Å². The number of carboxylic acids is 10. The van der Waals surface area contributed by atoms with Crippen LogP contribution >= 0.6 is 0 Å². The van der Waals surface area contributed by atoms with E-state index in [9.17, 15) is 111 Å². The van der Waals surface area contributed by atoms with E-state index in [1.807, 2.05) is 0 Å². The van der Waals surface area contributed by atoms with E-state index in [1.165, 1.54) is 0 Å². The van der Waals surface area contributed by atoms with Crippen LogP contribution in [0.1, 0.15) is 0 Å². The molecule has 0 radical (unpaired) electrons. The molecule has 0 rings (SSSR count). The number of aliphatic carboxylic acids is 10. The first-order valence-corrected chi connectivity index (χ1v) is 33.1. The average molecular weight is 2040 g/mol. The SMILES string of the molecule is O=C[C@H](O)[C@@H](O)[C@@H](O)[C@H](O)C(=O)O.O=C[C@H](O)[C@@H](O)[C@@H](O)[C@H](O)C(=O)O.O=C[C@H](O)[C@@H](O)[C@@H](O)[C@H](O)C(=O)O.O=C[C@H](O)[C@@H](O)[C@@H](O)[C@H](O)C(=O)O.O=C[C@H](O)[C@@H](O)[C@@H](O)[C@H](O)C(=O)O.O=C[C@H](O)[C@@H](O)[C@@H](O)[C@H](O)C(=O)O.O=C[C@H](O)[C@@H](O)[C@@H](O)[C@H](O)C(=O)O.O=C[C@H](O)[C@@H](O)[C@@H](O)[C@H](O)C(=O)[O-].O=C[C@H](O)[C@@H](O)[C@@H](O)[C@H](O)C(=O)[O-].O=C[C@H](O)[C@@H](O)[C@@H](O)[C@H](O)C(=O)[O-].[K+].[Zn+2]. The third kappa shape index (κ3) is 60.4. The summed E-state index contributed by atoms with van der Waals surface area (Å²) >= 11 is 0. The fraction of sp³-hybridized carbons (Fsp3) is 0.667. The first kappa shape index (κ1) is 150. The maximum absolute atomic E-state index is 10.1. The second kappa shape index (κ2) is 79.3. The third-order valence-corrected chi connectivity index (χ3v) is 14.1. The van der Waals surface area contributed by atoms with Crippen molar-refractivity contribution in [3.63, 3.8) is 0 Å². The fourth-order valence-electron chi connectivity index (χ4n) is 6.13. The Morgan fingerprint density at radius 3 is 0.250 bits per heavy atom. The van der Waals surface area contributed by atoms with Gasteiger partial charge in [-0.3, -0.25) is 0 Å². The second-order valence-electron chi connectivity index (χ2n) is 23.9. The Morgan fingerprint density at radius 1 is 0.144 bits per heavy atom. The first-order valence-electron chi connectivity index (χ1n) is 33.1. The summed E-state index contributed by atoms with van der Waals surface area (Å²) in [5.41, 5.74) is 0. The number of hydrogen-bond acceptors (Lipinski definition) is 63. The number of carbonyl (C=O) groups is 20. The molecule has 0 saturated carbocycles. The zero-order valence-corrected chi connectivity index (χ0v) is 72.1. The van der Waals surface area contributed by atoms with Crippen LogP contribution < -0.4 is 66.7 Å². The van der Waals surface area contributed by atoms with E-state index in [2.05, 4.69) is 0 Å². The smallest absolute Gasteiger partial charge is 0.547 e. The van der Waals surface area contributed by atoms with Gasteiger partial charge in [-0.1, -0.05) is 0 Å². The van der Waals surface area contributed by atoms with Gasteiger partial charge in [0.25, 0.3) is 0 Å². The summed E-state index contributed by atoms with van der Waals surface area (Å²) in [4.78, 5) is 199. The van der Waals surface area contributed by atoms with Crippen LogP contribution in [-0.4, -0.2) is 607 Å². The molecule has 0 aliphatic carbocycles. The summed E-state index contributed by atoms with van der Waals surface area (Å²) in [6.07, 6.45) is -84.7. The van der Waals surface area contributed by atoms with E-state index >= 15 is 0 Å². The Bertz CT molecular complexity index is 2630. The molecular formula is C60H97KO70Zn. The van der Waals surface area contributed by atoms with Crippen molar-refractivity contribution in [1.29, 1.82) is 0 Å². The molecule has 0 aromatic heterocycles. The van der Waals surface area contributed by atoms with Crippen LogP contribution in [0.25, 0.3) is 0 Å². The van der Waals surface area contributed by atoms with Crippen LogP contribution in [0.3, 0.4) is 0 Å². The molecule has 0 spiro atoms. The van der Waals surface area contributed by atoms with Crippen LogP contribution in [0.15, 0.2) is 0 Å². The van der Waals surface area contributed by atoms with E-state index in [-0.39, 0.29) is 134 Å². The van der Waals surface area contributed by atoms with Gasteiger partial charge in [0.1, 0.15) is 201 Å². The summed E-state index contributed by atoms with van der Waals surface area (Å²) in [6, 6.07) is 0. The molecule has 0 unspecified atom stereocenters. The molecule has 72 heteroatoms.